The van der Waals surface area contributed by atoms with Gasteiger partial charge in [0.2, 0.25) is 0 Å². The maximum atomic E-state index is 13.9. The third-order valence-corrected chi connectivity index (χ3v) is 7.62. The quantitative estimate of drug-likeness (QED) is 0.487. The zero-order valence-corrected chi connectivity index (χ0v) is 24.9. The van der Waals surface area contributed by atoms with E-state index in [1.165, 1.54) is 12.1 Å². The van der Waals surface area contributed by atoms with Crippen LogP contribution in [-0.4, -0.2) is 40.6 Å². The van der Waals surface area contributed by atoms with Gasteiger partial charge in [-0.15, -0.1) is 0 Å². The number of alkyl halides is 3. The molecule has 4 rings (SSSR count). The maximum Gasteiger partial charge on any atom is 1.00 e. The molecule has 11 heteroatoms. The molecule has 208 valence electrons. The minimum absolute atomic E-state index is 0. The molecular weight excluding hydrogens is 534 g/mol. The number of nitrogens with zero attached hydrogens (tertiary/aromatic N) is 2. The summed E-state index contributed by atoms with van der Waals surface area (Å²) < 4.78 is 39.3. The number of rotatable bonds is 8. The molecule has 2 amide bonds. The molecule has 40 heavy (non-hydrogen) atoms. The van der Waals surface area contributed by atoms with Crippen LogP contribution in [0.1, 0.15) is 85.5 Å². The van der Waals surface area contributed by atoms with Gasteiger partial charge in [-0.25, -0.2) is 0 Å². The molecule has 1 aliphatic heterocycles. The van der Waals surface area contributed by atoms with Crippen LogP contribution in [-0.2, 0) is 15.8 Å². The van der Waals surface area contributed by atoms with E-state index < -0.39 is 29.3 Å². The summed E-state index contributed by atoms with van der Waals surface area (Å²) in [5, 5.41) is 13.1. The first-order chi connectivity index (χ1) is 18.4. The van der Waals surface area contributed by atoms with Crippen molar-refractivity contribution in [1.82, 2.24) is 10.2 Å². The summed E-state index contributed by atoms with van der Waals surface area (Å²) in [5.74, 6) is -1.51. The van der Waals surface area contributed by atoms with Gasteiger partial charge in [0, 0.05) is 30.1 Å². The Morgan fingerprint density at radius 3 is 2.23 bits per heavy atom. The first-order valence-corrected chi connectivity index (χ1v) is 13.1. The van der Waals surface area contributed by atoms with Gasteiger partial charge in [-0.05, 0) is 67.9 Å². The standard InChI is InChI=1S/C29H32F3N3O4.Na/c1-3-23(19-4-6-21(7-5-19)26(38)33-17-14-24(36)37)35-27(39)25(34-28(35)15-12-18(2)13-16-28)20-8-10-22(11-9-20)29(30,31)32;/h4-11,18,23H,3,12-17H2,1-2H3,(H,33,38)(H,36,37);/q;+1/p-1/t18?,23-,28?;/m1./s1. The van der Waals surface area contributed by atoms with Crippen LogP contribution < -0.4 is 40.0 Å². The van der Waals surface area contributed by atoms with Crippen molar-refractivity contribution in [2.24, 2.45) is 10.9 Å². The molecule has 1 aliphatic carbocycles. The predicted molar refractivity (Wildman–Crippen MR) is 137 cm³/mol. The Hall–Kier alpha value is -2.69. The summed E-state index contributed by atoms with van der Waals surface area (Å²) in [7, 11) is 0. The number of carboxylic acid groups (broad SMARTS) is 1. The fraction of sp³-hybridized carbons (Fsp3) is 0.448. The molecule has 0 unspecified atom stereocenters. The van der Waals surface area contributed by atoms with Crippen LogP contribution >= 0.6 is 0 Å². The molecule has 1 spiro atoms. The van der Waals surface area contributed by atoms with E-state index in [9.17, 15) is 32.7 Å². The smallest absolute Gasteiger partial charge is 0.550 e. The normalized spacial score (nSPS) is 21.5. The number of aliphatic carboxylic acids is 1. The Morgan fingerprint density at radius 1 is 1.10 bits per heavy atom. The number of nitrogens with one attached hydrogen (secondary N) is 1. The van der Waals surface area contributed by atoms with Crippen LogP contribution in [0.3, 0.4) is 0 Å². The molecule has 2 aliphatic rings. The number of halogens is 3. The van der Waals surface area contributed by atoms with Crippen molar-refractivity contribution in [3.63, 3.8) is 0 Å². The predicted octanol–water partition coefficient (Wildman–Crippen LogP) is 1.27. The number of benzene rings is 2. The van der Waals surface area contributed by atoms with Gasteiger partial charge in [0.25, 0.3) is 11.8 Å². The molecule has 1 atom stereocenters. The molecule has 1 heterocycles. The summed E-state index contributed by atoms with van der Waals surface area (Å²) in [5.41, 5.74) is 0.100. The van der Waals surface area contributed by atoms with Crippen LogP contribution in [0.25, 0.3) is 0 Å². The van der Waals surface area contributed by atoms with E-state index in [-0.39, 0.29) is 60.2 Å². The van der Waals surface area contributed by atoms with Gasteiger partial charge in [-0.3, -0.25) is 14.6 Å². The Morgan fingerprint density at radius 2 is 1.70 bits per heavy atom. The van der Waals surface area contributed by atoms with E-state index in [0.717, 1.165) is 30.5 Å². The SMILES string of the molecule is CC[C@H](c1ccc(C(=O)NCCC(=O)[O-])cc1)N1C(=O)C(c2ccc(C(F)(F)F)cc2)=NC12CCC(C)CC2.[Na+]. The molecule has 2 aromatic rings. The average molecular weight is 566 g/mol. The number of hydrogen-bond donors (Lipinski definition) is 1. The van der Waals surface area contributed by atoms with Gasteiger partial charge in [-0.1, -0.05) is 38.1 Å². The zero-order valence-electron chi connectivity index (χ0n) is 22.9. The molecule has 7 nitrogen and oxygen atoms in total. The van der Waals surface area contributed by atoms with Gasteiger partial charge in [0.1, 0.15) is 11.4 Å². The Kier molecular flexibility index (Phi) is 10.2. The average Bonchev–Trinajstić information content (AvgIpc) is 3.18. The van der Waals surface area contributed by atoms with Crippen LogP contribution in [0.5, 0.6) is 0 Å². The molecule has 0 radical (unpaired) electrons. The van der Waals surface area contributed by atoms with Crippen LogP contribution in [0.2, 0.25) is 0 Å². The van der Waals surface area contributed by atoms with Gasteiger partial charge < -0.3 is 20.1 Å². The molecule has 0 saturated heterocycles. The second kappa shape index (κ2) is 12.9. The maximum absolute atomic E-state index is 13.9. The number of carboxylic acids is 1. The zero-order chi connectivity index (χ0) is 28.4. The second-order valence-electron chi connectivity index (χ2n) is 10.3. The third-order valence-electron chi connectivity index (χ3n) is 7.62. The molecule has 1 fully saturated rings. The fourth-order valence-corrected chi connectivity index (χ4v) is 5.43. The monoisotopic (exact) mass is 565 g/mol. The Balaban J connectivity index is 0.00000441. The first kappa shape index (κ1) is 31.8. The van der Waals surface area contributed by atoms with Crippen LogP contribution in [0, 0.1) is 5.92 Å². The van der Waals surface area contributed by atoms with Crippen molar-refractivity contribution in [3.05, 3.63) is 70.8 Å². The Bertz CT molecular complexity index is 1250. The first-order valence-electron chi connectivity index (χ1n) is 13.1. The summed E-state index contributed by atoms with van der Waals surface area (Å²) >= 11 is 0. The molecule has 1 N–H and O–H groups in total. The summed E-state index contributed by atoms with van der Waals surface area (Å²) in [6.45, 7) is 4.06. The molecular formula is C29H31F3N3NaO4. The topological polar surface area (TPSA) is 102 Å². The van der Waals surface area contributed by atoms with E-state index in [1.807, 2.05) is 6.92 Å². The van der Waals surface area contributed by atoms with E-state index in [4.69, 9.17) is 4.99 Å². The van der Waals surface area contributed by atoms with Crippen LogP contribution in [0.15, 0.2) is 53.5 Å². The fourth-order valence-electron chi connectivity index (χ4n) is 5.43. The van der Waals surface area contributed by atoms with Gasteiger partial charge >= 0.3 is 35.7 Å². The second-order valence-corrected chi connectivity index (χ2v) is 10.3. The molecule has 0 aromatic heterocycles. The number of aliphatic imine (C=N–C) groups is 1. The molecule has 0 bridgehead atoms. The largest absolute Gasteiger partial charge is 1.00 e. The Labute approximate surface area is 253 Å². The summed E-state index contributed by atoms with van der Waals surface area (Å²) in [6, 6.07) is 11.0. The number of hydrogen-bond acceptors (Lipinski definition) is 5. The van der Waals surface area contributed by atoms with Crippen molar-refractivity contribution in [2.75, 3.05) is 6.54 Å². The third kappa shape index (κ3) is 6.78. The van der Waals surface area contributed by atoms with Crippen molar-refractivity contribution in [1.29, 1.82) is 0 Å². The van der Waals surface area contributed by atoms with E-state index in [0.29, 0.717) is 36.3 Å². The number of carbonyl (C=O) groups excluding carboxylic acids is 3. The van der Waals surface area contributed by atoms with Gasteiger partial charge in [0.15, 0.2) is 0 Å². The van der Waals surface area contributed by atoms with E-state index >= 15 is 0 Å². The van der Waals surface area contributed by atoms with Crippen LogP contribution in [0.4, 0.5) is 13.2 Å². The number of amides is 2. The van der Waals surface area contributed by atoms with Crippen molar-refractivity contribution in [3.8, 4) is 0 Å². The summed E-state index contributed by atoms with van der Waals surface area (Å²) in [6.07, 6.45) is -1.16. The molecule has 1 saturated carbocycles. The summed E-state index contributed by atoms with van der Waals surface area (Å²) in [4.78, 5) is 43.6. The number of carbonyl (C=O) groups is 3. The van der Waals surface area contributed by atoms with Crippen molar-refractivity contribution < 1.29 is 62.2 Å². The molecule has 2 aromatic carbocycles. The van der Waals surface area contributed by atoms with Crippen molar-refractivity contribution >= 4 is 23.5 Å². The van der Waals surface area contributed by atoms with Crippen molar-refractivity contribution in [2.45, 2.75) is 70.3 Å². The minimum atomic E-state index is -4.48. The van der Waals surface area contributed by atoms with Gasteiger partial charge in [0.05, 0.1) is 11.6 Å². The van der Waals surface area contributed by atoms with Gasteiger partial charge in [-0.2, -0.15) is 13.2 Å². The van der Waals surface area contributed by atoms with E-state index in [2.05, 4.69) is 12.2 Å². The minimum Gasteiger partial charge on any atom is -0.550 e. The van der Waals surface area contributed by atoms with E-state index in [1.54, 1.807) is 29.2 Å².